The van der Waals surface area contributed by atoms with Gasteiger partial charge < -0.3 is 14.6 Å². The highest BCUT2D eigenvalue weighted by Gasteiger charge is 2.26. The maximum Gasteiger partial charge on any atom is 0.306 e. The summed E-state index contributed by atoms with van der Waals surface area (Å²) in [5.74, 6) is -0.674. The van der Waals surface area contributed by atoms with Crippen molar-refractivity contribution in [1.29, 1.82) is 0 Å². The van der Waals surface area contributed by atoms with Crippen molar-refractivity contribution in [3.8, 4) is 0 Å². The zero-order chi connectivity index (χ0) is 17.0. The smallest absolute Gasteiger partial charge is 0.306 e. The van der Waals surface area contributed by atoms with Gasteiger partial charge in [0, 0.05) is 32.9 Å². The number of rotatable bonds is 6. The van der Waals surface area contributed by atoms with E-state index in [-0.39, 0.29) is 29.5 Å². The average molecular weight is 343 g/mol. The normalized spacial score (nSPS) is 15.2. The van der Waals surface area contributed by atoms with Crippen LogP contribution in [0.3, 0.4) is 0 Å². The van der Waals surface area contributed by atoms with Crippen LogP contribution >= 0.6 is 0 Å². The van der Waals surface area contributed by atoms with E-state index in [1.807, 2.05) is 0 Å². The lowest BCUT2D eigenvalue weighted by molar-refractivity contribution is -0.140. The van der Waals surface area contributed by atoms with Crippen LogP contribution < -0.4 is 0 Å². The molecule has 1 amide bonds. The summed E-state index contributed by atoms with van der Waals surface area (Å²) in [6.45, 7) is 1.40. The maximum atomic E-state index is 12.4. The largest absolute Gasteiger partial charge is 0.469 e. The van der Waals surface area contributed by atoms with Crippen molar-refractivity contribution in [2.75, 3.05) is 33.8 Å². The van der Waals surface area contributed by atoms with Crippen molar-refractivity contribution < 1.29 is 22.7 Å². The number of nitrogens with zero attached hydrogens (tertiary/aromatic N) is 2. The molecule has 1 aromatic rings. The second-order valence-corrected chi connectivity index (χ2v) is 7.45. The molecule has 1 aromatic heterocycles. The second kappa shape index (κ2) is 7.14. The lowest BCUT2D eigenvalue weighted by atomic mass is 10.4. The third-order valence-electron chi connectivity index (χ3n) is 3.85. The molecule has 2 rings (SSSR count). The lowest BCUT2D eigenvalue weighted by Gasteiger charge is -2.15. The number of nitrogens with one attached hydrogen (secondary N) is 1. The number of esters is 1. The molecule has 128 valence electrons. The quantitative estimate of drug-likeness (QED) is 0.755. The molecule has 1 N–H and O–H groups in total. The molecule has 1 saturated heterocycles. The van der Waals surface area contributed by atoms with Crippen LogP contribution in [0.4, 0.5) is 0 Å². The van der Waals surface area contributed by atoms with E-state index in [9.17, 15) is 18.0 Å². The fraction of sp³-hybridized carbons (Fsp3) is 0.571. The maximum absolute atomic E-state index is 12.4. The Morgan fingerprint density at radius 2 is 2.00 bits per heavy atom. The van der Waals surface area contributed by atoms with Crippen molar-refractivity contribution in [2.45, 2.75) is 24.2 Å². The molecule has 1 fully saturated rings. The van der Waals surface area contributed by atoms with E-state index in [0.29, 0.717) is 13.1 Å². The van der Waals surface area contributed by atoms with Crippen LogP contribution in [0.25, 0.3) is 0 Å². The SMILES string of the molecule is COC(=O)CCN(C)S(=O)(=O)c1c[nH]c(C(=O)N2CCCC2)c1. The van der Waals surface area contributed by atoms with Crippen molar-refractivity contribution in [3.63, 3.8) is 0 Å². The average Bonchev–Trinajstić information content (AvgIpc) is 3.22. The molecule has 9 heteroatoms. The highest BCUT2D eigenvalue weighted by molar-refractivity contribution is 7.89. The summed E-state index contributed by atoms with van der Waals surface area (Å²) in [5, 5.41) is 0. The van der Waals surface area contributed by atoms with Crippen LogP contribution in [0, 0.1) is 0 Å². The Balaban J connectivity index is 2.08. The predicted octanol–water partition coefficient (Wildman–Crippen LogP) is 0.434. The van der Waals surface area contributed by atoms with Gasteiger partial charge in [0.25, 0.3) is 5.91 Å². The number of amides is 1. The van der Waals surface area contributed by atoms with Crippen LogP contribution in [0.5, 0.6) is 0 Å². The van der Waals surface area contributed by atoms with Crippen molar-refractivity contribution in [1.82, 2.24) is 14.2 Å². The molecule has 0 saturated carbocycles. The molecule has 2 heterocycles. The van der Waals surface area contributed by atoms with Crippen molar-refractivity contribution >= 4 is 21.9 Å². The van der Waals surface area contributed by atoms with Crippen LogP contribution in [0.2, 0.25) is 0 Å². The topological polar surface area (TPSA) is 99.8 Å². The number of likely N-dealkylation sites (tertiary alicyclic amines) is 1. The lowest BCUT2D eigenvalue weighted by Crippen LogP contribution is -2.29. The zero-order valence-electron chi connectivity index (χ0n) is 13.2. The van der Waals surface area contributed by atoms with E-state index in [2.05, 4.69) is 9.72 Å². The molecular formula is C14H21N3O5S. The number of aromatic nitrogens is 1. The minimum absolute atomic E-state index is 0.00686. The van der Waals surface area contributed by atoms with E-state index < -0.39 is 16.0 Å². The first-order chi connectivity index (χ1) is 10.9. The molecule has 0 aliphatic carbocycles. The van der Waals surface area contributed by atoms with E-state index in [0.717, 1.165) is 17.1 Å². The van der Waals surface area contributed by atoms with Gasteiger partial charge in [-0.1, -0.05) is 0 Å². The Kier molecular flexibility index (Phi) is 5.42. The molecule has 1 aliphatic heterocycles. The summed E-state index contributed by atoms with van der Waals surface area (Å²) >= 11 is 0. The van der Waals surface area contributed by atoms with Crippen LogP contribution in [0.1, 0.15) is 29.8 Å². The predicted molar refractivity (Wildman–Crippen MR) is 82.4 cm³/mol. The monoisotopic (exact) mass is 343 g/mol. The number of aromatic amines is 1. The van der Waals surface area contributed by atoms with Gasteiger partial charge in [-0.05, 0) is 18.9 Å². The highest BCUT2D eigenvalue weighted by atomic mass is 32.2. The first-order valence-electron chi connectivity index (χ1n) is 7.37. The molecule has 0 radical (unpaired) electrons. The van der Waals surface area contributed by atoms with Crippen LogP contribution in [0.15, 0.2) is 17.2 Å². The van der Waals surface area contributed by atoms with Gasteiger partial charge in [-0.15, -0.1) is 0 Å². The number of H-pyrrole nitrogens is 1. The fourth-order valence-electron chi connectivity index (χ4n) is 2.39. The number of carbonyl (C=O) groups is 2. The van der Waals surface area contributed by atoms with Crippen LogP contribution in [-0.2, 0) is 19.6 Å². The Morgan fingerprint density at radius 1 is 1.35 bits per heavy atom. The molecule has 0 atom stereocenters. The van der Waals surface area contributed by atoms with E-state index in [4.69, 9.17) is 0 Å². The first-order valence-corrected chi connectivity index (χ1v) is 8.81. The van der Waals surface area contributed by atoms with E-state index >= 15 is 0 Å². The Bertz CT molecular complexity index is 676. The number of ether oxygens (including phenoxy) is 1. The van der Waals surface area contributed by atoms with Crippen LogP contribution in [-0.4, -0.2) is 68.3 Å². The van der Waals surface area contributed by atoms with Gasteiger partial charge in [0.1, 0.15) is 10.6 Å². The molecule has 0 spiro atoms. The number of hydrogen-bond donors (Lipinski definition) is 1. The van der Waals surface area contributed by atoms with Gasteiger partial charge in [0.05, 0.1) is 13.5 Å². The van der Waals surface area contributed by atoms with Gasteiger partial charge in [0.2, 0.25) is 10.0 Å². The second-order valence-electron chi connectivity index (χ2n) is 5.40. The molecule has 0 bridgehead atoms. The summed E-state index contributed by atoms with van der Waals surface area (Å²) in [5.41, 5.74) is 0.256. The standard InChI is InChI=1S/C14H21N3O5S/c1-16(8-5-13(18)22-2)23(20,21)11-9-12(15-10-11)14(19)17-6-3-4-7-17/h9-10,15H,3-8H2,1-2H3. The summed E-state index contributed by atoms with van der Waals surface area (Å²) in [7, 11) is -1.12. The van der Waals surface area contributed by atoms with E-state index in [1.54, 1.807) is 4.90 Å². The molecule has 23 heavy (non-hydrogen) atoms. The Morgan fingerprint density at radius 3 is 2.61 bits per heavy atom. The molecule has 8 nitrogen and oxygen atoms in total. The van der Waals surface area contributed by atoms with Gasteiger partial charge in [-0.3, -0.25) is 9.59 Å². The van der Waals surface area contributed by atoms with Gasteiger partial charge in [0.15, 0.2) is 0 Å². The third-order valence-corrected chi connectivity index (χ3v) is 5.68. The number of carbonyl (C=O) groups excluding carboxylic acids is 2. The zero-order valence-corrected chi connectivity index (χ0v) is 14.1. The third kappa shape index (κ3) is 3.91. The number of methoxy groups -OCH3 is 1. The summed E-state index contributed by atoms with van der Waals surface area (Å²) in [6, 6.07) is 1.34. The molecule has 0 unspecified atom stereocenters. The fourth-order valence-corrected chi connectivity index (χ4v) is 3.55. The van der Waals surface area contributed by atoms with Gasteiger partial charge in [-0.2, -0.15) is 0 Å². The summed E-state index contributed by atoms with van der Waals surface area (Å²) in [4.78, 5) is 27.8. The van der Waals surface area contributed by atoms with Gasteiger partial charge >= 0.3 is 5.97 Å². The minimum Gasteiger partial charge on any atom is -0.469 e. The number of hydrogen-bond acceptors (Lipinski definition) is 5. The van der Waals surface area contributed by atoms with Gasteiger partial charge in [-0.25, -0.2) is 12.7 Å². The first kappa shape index (κ1) is 17.5. The summed E-state index contributed by atoms with van der Waals surface area (Å²) < 4.78 is 30.4. The Hall–Kier alpha value is -1.87. The number of sulfonamides is 1. The van der Waals surface area contributed by atoms with Crippen molar-refractivity contribution in [3.05, 3.63) is 18.0 Å². The Labute approximate surface area is 135 Å². The minimum atomic E-state index is -3.76. The van der Waals surface area contributed by atoms with Crippen molar-refractivity contribution in [2.24, 2.45) is 0 Å². The summed E-state index contributed by atoms with van der Waals surface area (Å²) in [6.07, 6.45) is 3.20. The molecular weight excluding hydrogens is 322 g/mol. The highest BCUT2D eigenvalue weighted by Crippen LogP contribution is 2.18. The molecule has 0 aromatic carbocycles. The van der Waals surface area contributed by atoms with E-state index in [1.165, 1.54) is 26.4 Å². The molecule has 1 aliphatic rings.